The zero-order valence-electron chi connectivity index (χ0n) is 16.8. The summed E-state index contributed by atoms with van der Waals surface area (Å²) in [5.74, 6) is -0.131. The standard InChI is InChI=1S/C24H22N2O4/c1-15-10-20-18(14-30-22(20)11-16(15)2)12-23(27)25-13-17-5-7-19(8-6-17)26-24(28)21-4-3-9-29-21/h3-11,14H,12-13H2,1-2H3,(H,25,27)(H,26,28). The van der Waals surface area contributed by atoms with Gasteiger partial charge in [0, 0.05) is 23.2 Å². The monoisotopic (exact) mass is 402 g/mol. The summed E-state index contributed by atoms with van der Waals surface area (Å²) in [5.41, 5.74) is 5.60. The number of carbonyl (C=O) groups is 2. The smallest absolute Gasteiger partial charge is 0.291 e. The van der Waals surface area contributed by atoms with E-state index in [0.29, 0.717) is 12.2 Å². The van der Waals surface area contributed by atoms with Gasteiger partial charge in [0.2, 0.25) is 5.91 Å². The van der Waals surface area contributed by atoms with Crippen molar-refractivity contribution in [3.8, 4) is 0 Å². The Hall–Kier alpha value is -3.80. The van der Waals surface area contributed by atoms with Gasteiger partial charge in [0.15, 0.2) is 5.76 Å². The van der Waals surface area contributed by atoms with Crippen molar-refractivity contribution in [2.24, 2.45) is 0 Å². The second kappa shape index (κ2) is 8.29. The second-order valence-corrected chi connectivity index (χ2v) is 7.28. The molecule has 2 aromatic carbocycles. The summed E-state index contributed by atoms with van der Waals surface area (Å²) in [7, 11) is 0. The molecule has 0 bridgehead atoms. The van der Waals surface area contributed by atoms with E-state index < -0.39 is 0 Å². The predicted molar refractivity (Wildman–Crippen MR) is 114 cm³/mol. The molecule has 0 aliphatic carbocycles. The fourth-order valence-electron chi connectivity index (χ4n) is 3.22. The van der Waals surface area contributed by atoms with E-state index in [1.165, 1.54) is 11.8 Å². The van der Waals surface area contributed by atoms with Crippen molar-refractivity contribution >= 4 is 28.5 Å². The Balaban J connectivity index is 1.33. The summed E-state index contributed by atoms with van der Waals surface area (Å²) in [6.07, 6.45) is 3.36. The number of furan rings is 2. The van der Waals surface area contributed by atoms with Gasteiger partial charge in [-0.15, -0.1) is 0 Å². The van der Waals surface area contributed by atoms with Crippen LogP contribution in [0.1, 0.15) is 32.8 Å². The van der Waals surface area contributed by atoms with Gasteiger partial charge in [-0.3, -0.25) is 9.59 Å². The molecule has 0 saturated heterocycles. The van der Waals surface area contributed by atoms with E-state index in [4.69, 9.17) is 8.83 Å². The first-order chi connectivity index (χ1) is 14.5. The fraction of sp³-hybridized carbons (Fsp3) is 0.167. The topological polar surface area (TPSA) is 84.5 Å². The molecule has 2 amide bonds. The molecule has 2 N–H and O–H groups in total. The van der Waals surface area contributed by atoms with E-state index >= 15 is 0 Å². The molecule has 0 saturated carbocycles. The zero-order chi connectivity index (χ0) is 21.1. The summed E-state index contributed by atoms with van der Waals surface area (Å²) >= 11 is 0. The molecule has 0 unspecified atom stereocenters. The maximum atomic E-state index is 12.4. The van der Waals surface area contributed by atoms with E-state index in [2.05, 4.69) is 16.7 Å². The predicted octanol–water partition coefficient (Wildman–Crippen LogP) is 4.75. The molecule has 4 rings (SSSR count). The average molecular weight is 402 g/mol. The summed E-state index contributed by atoms with van der Waals surface area (Å²) in [5, 5.41) is 6.67. The Kier molecular flexibility index (Phi) is 5.39. The molecule has 152 valence electrons. The van der Waals surface area contributed by atoms with Crippen LogP contribution >= 0.6 is 0 Å². The molecule has 6 nitrogen and oxygen atoms in total. The van der Waals surface area contributed by atoms with Crippen LogP contribution in [0.3, 0.4) is 0 Å². The van der Waals surface area contributed by atoms with Crippen LogP contribution < -0.4 is 10.6 Å². The number of aryl methyl sites for hydroxylation is 2. The number of hydrogen-bond acceptors (Lipinski definition) is 4. The molecule has 0 spiro atoms. The minimum atomic E-state index is -0.307. The highest BCUT2D eigenvalue weighted by molar-refractivity contribution is 6.02. The van der Waals surface area contributed by atoms with Crippen LogP contribution in [0.2, 0.25) is 0 Å². The van der Waals surface area contributed by atoms with Crippen LogP contribution in [0.15, 0.2) is 69.9 Å². The SMILES string of the molecule is Cc1cc2occ(CC(=O)NCc3ccc(NC(=O)c4ccco4)cc3)c2cc1C. The van der Waals surface area contributed by atoms with Crippen LogP contribution in [-0.2, 0) is 17.8 Å². The van der Waals surface area contributed by atoms with E-state index in [0.717, 1.165) is 27.7 Å². The van der Waals surface area contributed by atoms with Crippen molar-refractivity contribution in [2.75, 3.05) is 5.32 Å². The molecule has 0 atom stereocenters. The number of rotatable bonds is 6. The number of hydrogen-bond donors (Lipinski definition) is 2. The minimum Gasteiger partial charge on any atom is -0.464 e. The van der Waals surface area contributed by atoms with Crippen LogP contribution in [-0.4, -0.2) is 11.8 Å². The third-order valence-corrected chi connectivity index (χ3v) is 5.07. The highest BCUT2D eigenvalue weighted by Gasteiger charge is 2.12. The number of anilines is 1. The van der Waals surface area contributed by atoms with Crippen molar-refractivity contribution in [3.05, 3.63) is 89.1 Å². The summed E-state index contributed by atoms with van der Waals surface area (Å²) in [6.45, 7) is 4.49. The van der Waals surface area contributed by atoms with Gasteiger partial charge in [0.1, 0.15) is 5.58 Å². The number of nitrogens with one attached hydrogen (secondary N) is 2. The highest BCUT2D eigenvalue weighted by atomic mass is 16.3. The van der Waals surface area contributed by atoms with Gasteiger partial charge >= 0.3 is 0 Å². The molecular formula is C24H22N2O4. The van der Waals surface area contributed by atoms with Crippen molar-refractivity contribution < 1.29 is 18.4 Å². The molecule has 0 aliphatic rings. The molecule has 0 aliphatic heterocycles. The normalized spacial score (nSPS) is 10.9. The minimum absolute atomic E-state index is 0.0777. The molecule has 4 aromatic rings. The highest BCUT2D eigenvalue weighted by Crippen LogP contribution is 2.25. The third kappa shape index (κ3) is 4.27. The van der Waals surface area contributed by atoms with Gasteiger partial charge < -0.3 is 19.5 Å². The van der Waals surface area contributed by atoms with Crippen LogP contribution in [0, 0.1) is 13.8 Å². The first kappa shape index (κ1) is 19.5. The maximum absolute atomic E-state index is 12.4. The number of carbonyl (C=O) groups excluding carboxylic acids is 2. The molecule has 2 heterocycles. The van der Waals surface area contributed by atoms with E-state index in [-0.39, 0.29) is 24.0 Å². The molecule has 6 heteroatoms. The zero-order valence-corrected chi connectivity index (χ0v) is 16.8. The van der Waals surface area contributed by atoms with Crippen LogP contribution in [0.5, 0.6) is 0 Å². The Morgan fingerprint density at radius 2 is 1.73 bits per heavy atom. The summed E-state index contributed by atoms with van der Waals surface area (Å²) in [6, 6.07) is 14.6. The lowest BCUT2D eigenvalue weighted by Crippen LogP contribution is -2.24. The van der Waals surface area contributed by atoms with Crippen molar-refractivity contribution in [2.45, 2.75) is 26.8 Å². The van der Waals surface area contributed by atoms with E-state index in [1.54, 1.807) is 30.5 Å². The Morgan fingerprint density at radius 1 is 0.967 bits per heavy atom. The lowest BCUT2D eigenvalue weighted by Gasteiger charge is -2.07. The lowest BCUT2D eigenvalue weighted by molar-refractivity contribution is -0.120. The first-order valence-electron chi connectivity index (χ1n) is 9.67. The molecular weight excluding hydrogens is 380 g/mol. The summed E-state index contributed by atoms with van der Waals surface area (Å²) < 4.78 is 10.7. The fourth-order valence-corrected chi connectivity index (χ4v) is 3.22. The average Bonchev–Trinajstić information content (AvgIpc) is 3.39. The first-order valence-corrected chi connectivity index (χ1v) is 9.67. The lowest BCUT2D eigenvalue weighted by atomic mass is 10.0. The molecule has 30 heavy (non-hydrogen) atoms. The molecule has 0 radical (unpaired) electrons. The van der Waals surface area contributed by atoms with Crippen molar-refractivity contribution in [1.82, 2.24) is 5.32 Å². The van der Waals surface area contributed by atoms with Crippen molar-refractivity contribution in [1.29, 1.82) is 0 Å². The van der Waals surface area contributed by atoms with Crippen LogP contribution in [0.25, 0.3) is 11.0 Å². The van der Waals surface area contributed by atoms with Gasteiger partial charge in [-0.2, -0.15) is 0 Å². The van der Waals surface area contributed by atoms with Gasteiger partial charge in [0.05, 0.1) is 18.9 Å². The third-order valence-electron chi connectivity index (χ3n) is 5.07. The second-order valence-electron chi connectivity index (χ2n) is 7.28. The maximum Gasteiger partial charge on any atom is 0.291 e. The largest absolute Gasteiger partial charge is 0.464 e. The van der Waals surface area contributed by atoms with Gasteiger partial charge in [0.25, 0.3) is 5.91 Å². The number of benzene rings is 2. The Labute approximate surface area is 173 Å². The molecule has 2 aromatic heterocycles. The van der Waals surface area contributed by atoms with Gasteiger partial charge in [-0.05, 0) is 66.9 Å². The number of fused-ring (bicyclic) bond motifs is 1. The Morgan fingerprint density at radius 3 is 2.47 bits per heavy atom. The van der Waals surface area contributed by atoms with Crippen molar-refractivity contribution in [3.63, 3.8) is 0 Å². The quantitative estimate of drug-likeness (QED) is 0.487. The van der Waals surface area contributed by atoms with Gasteiger partial charge in [-0.1, -0.05) is 12.1 Å². The van der Waals surface area contributed by atoms with Gasteiger partial charge in [-0.25, -0.2) is 0 Å². The van der Waals surface area contributed by atoms with E-state index in [9.17, 15) is 9.59 Å². The Bertz CT molecular complexity index is 1190. The van der Waals surface area contributed by atoms with E-state index in [1.807, 2.05) is 32.0 Å². The van der Waals surface area contributed by atoms with Crippen LogP contribution in [0.4, 0.5) is 5.69 Å². The summed E-state index contributed by atoms with van der Waals surface area (Å²) in [4.78, 5) is 24.4. The number of amides is 2. The molecule has 0 fully saturated rings.